The van der Waals surface area contributed by atoms with Crippen LogP contribution < -0.4 is 10.0 Å². The molecule has 2 N–H and O–H groups in total. The highest BCUT2D eigenvalue weighted by molar-refractivity contribution is 7.89. The van der Waals surface area contributed by atoms with Gasteiger partial charge in [-0.1, -0.05) is 0 Å². The average Bonchev–Trinajstić information content (AvgIpc) is 3.09. The van der Waals surface area contributed by atoms with Crippen LogP contribution in [0.1, 0.15) is 30.2 Å². The van der Waals surface area contributed by atoms with Gasteiger partial charge in [0.05, 0.1) is 6.61 Å². The van der Waals surface area contributed by atoms with Crippen molar-refractivity contribution in [3.8, 4) is 0 Å². The van der Waals surface area contributed by atoms with E-state index < -0.39 is 10.0 Å². The van der Waals surface area contributed by atoms with Crippen LogP contribution in [0.5, 0.6) is 0 Å². The molecule has 114 valence electrons. The fourth-order valence-electron chi connectivity index (χ4n) is 2.10. The lowest BCUT2D eigenvalue weighted by atomic mass is 10.3. The van der Waals surface area contributed by atoms with E-state index >= 15 is 0 Å². The molecule has 2 rings (SSSR count). The smallest absolute Gasteiger partial charge is 0.242 e. The van der Waals surface area contributed by atoms with Gasteiger partial charge >= 0.3 is 0 Å². The second-order valence-electron chi connectivity index (χ2n) is 5.30. The fraction of sp³-hybridized carbons (Fsp3) is 0.692. The minimum Gasteiger partial charge on any atom is -0.383 e. The van der Waals surface area contributed by atoms with Gasteiger partial charge < -0.3 is 10.1 Å². The Bertz CT molecular complexity index is 550. The molecule has 1 heterocycles. The molecule has 1 atom stereocenters. The lowest BCUT2D eigenvalue weighted by Gasteiger charge is -2.14. The molecule has 0 radical (unpaired) electrons. The molecule has 0 bridgehead atoms. The largest absolute Gasteiger partial charge is 0.383 e. The first kappa shape index (κ1) is 15.9. The number of rotatable bonds is 8. The Balaban J connectivity index is 2.14. The number of thiophene rings is 1. The summed E-state index contributed by atoms with van der Waals surface area (Å²) in [5.41, 5.74) is 0.805. The van der Waals surface area contributed by atoms with Crippen molar-refractivity contribution in [1.82, 2.24) is 10.0 Å². The van der Waals surface area contributed by atoms with Crippen LogP contribution in [-0.4, -0.2) is 34.2 Å². The molecule has 1 fully saturated rings. The van der Waals surface area contributed by atoms with Gasteiger partial charge in [-0.15, -0.1) is 11.3 Å². The van der Waals surface area contributed by atoms with E-state index in [1.807, 2.05) is 12.3 Å². The van der Waals surface area contributed by atoms with E-state index in [-0.39, 0.29) is 6.04 Å². The summed E-state index contributed by atoms with van der Waals surface area (Å²) in [6.45, 7) is 4.62. The minimum atomic E-state index is -3.49. The summed E-state index contributed by atoms with van der Waals surface area (Å²) in [4.78, 5) is 1.31. The third-order valence-corrected chi connectivity index (χ3v) is 6.21. The predicted molar refractivity (Wildman–Crippen MR) is 80.6 cm³/mol. The van der Waals surface area contributed by atoms with Crippen LogP contribution in [0.2, 0.25) is 0 Å². The zero-order valence-corrected chi connectivity index (χ0v) is 13.7. The molecule has 0 amide bonds. The minimum absolute atomic E-state index is 0.242. The number of aryl methyl sites for hydroxylation is 1. The third kappa shape index (κ3) is 4.02. The summed E-state index contributed by atoms with van der Waals surface area (Å²) in [6, 6.07) is 0.321. The van der Waals surface area contributed by atoms with Crippen molar-refractivity contribution in [2.45, 2.75) is 50.2 Å². The number of hydrogen-bond donors (Lipinski definition) is 2. The van der Waals surface area contributed by atoms with E-state index in [1.54, 1.807) is 14.0 Å². The van der Waals surface area contributed by atoms with E-state index in [2.05, 4.69) is 10.0 Å². The van der Waals surface area contributed by atoms with Gasteiger partial charge in [-0.25, -0.2) is 13.1 Å². The Morgan fingerprint density at radius 3 is 2.80 bits per heavy atom. The van der Waals surface area contributed by atoms with Crippen molar-refractivity contribution in [2.24, 2.45) is 0 Å². The zero-order chi connectivity index (χ0) is 14.8. The fourth-order valence-corrected chi connectivity index (χ4v) is 5.09. The summed E-state index contributed by atoms with van der Waals surface area (Å²) >= 11 is 1.50. The molecule has 1 unspecified atom stereocenters. The lowest BCUT2D eigenvalue weighted by molar-refractivity contribution is 0.180. The van der Waals surface area contributed by atoms with E-state index in [0.717, 1.165) is 10.4 Å². The summed E-state index contributed by atoms with van der Waals surface area (Å²) in [7, 11) is -1.93. The highest BCUT2D eigenvalue weighted by Crippen LogP contribution is 2.28. The SMILES string of the molecule is COCC(C)NS(=O)(=O)c1c(C)csc1CNC1CC1. The van der Waals surface area contributed by atoms with Crippen LogP contribution in [-0.2, 0) is 21.3 Å². The topological polar surface area (TPSA) is 67.4 Å². The summed E-state index contributed by atoms with van der Waals surface area (Å²) in [5.74, 6) is 0. The first-order valence-electron chi connectivity index (χ1n) is 6.75. The Morgan fingerprint density at radius 1 is 1.50 bits per heavy atom. The molecule has 20 heavy (non-hydrogen) atoms. The van der Waals surface area contributed by atoms with Gasteiger partial charge in [0.2, 0.25) is 10.0 Å². The molecular weight excluding hydrogens is 296 g/mol. The normalized spacial score (nSPS) is 17.4. The van der Waals surface area contributed by atoms with Crippen molar-refractivity contribution in [3.05, 3.63) is 15.8 Å². The molecule has 0 spiro atoms. The summed E-state index contributed by atoms with van der Waals surface area (Å²) < 4.78 is 32.6. The highest BCUT2D eigenvalue weighted by Gasteiger charge is 2.26. The van der Waals surface area contributed by atoms with E-state index in [0.29, 0.717) is 24.1 Å². The number of sulfonamides is 1. The summed E-state index contributed by atoms with van der Waals surface area (Å²) in [5, 5.41) is 5.27. The van der Waals surface area contributed by atoms with Gasteiger partial charge in [-0.05, 0) is 37.6 Å². The van der Waals surface area contributed by atoms with E-state index in [1.165, 1.54) is 24.2 Å². The van der Waals surface area contributed by atoms with Crippen molar-refractivity contribution < 1.29 is 13.2 Å². The number of nitrogens with one attached hydrogen (secondary N) is 2. The number of hydrogen-bond acceptors (Lipinski definition) is 5. The van der Waals surface area contributed by atoms with Crippen molar-refractivity contribution in [3.63, 3.8) is 0 Å². The van der Waals surface area contributed by atoms with Gasteiger partial charge in [0.15, 0.2) is 0 Å². The van der Waals surface area contributed by atoms with E-state index in [4.69, 9.17) is 4.74 Å². The van der Waals surface area contributed by atoms with Crippen LogP contribution in [0, 0.1) is 6.92 Å². The predicted octanol–water partition coefficient (Wildman–Crippen LogP) is 1.62. The molecule has 1 aromatic rings. The Kier molecular flexibility index (Phi) is 5.19. The third-order valence-electron chi connectivity index (χ3n) is 3.16. The number of methoxy groups -OCH3 is 1. The lowest BCUT2D eigenvalue weighted by Crippen LogP contribution is -2.36. The van der Waals surface area contributed by atoms with Crippen LogP contribution in [0.3, 0.4) is 0 Å². The van der Waals surface area contributed by atoms with Crippen LogP contribution in [0.15, 0.2) is 10.3 Å². The zero-order valence-electron chi connectivity index (χ0n) is 12.1. The maximum atomic E-state index is 12.5. The molecule has 0 aromatic carbocycles. The van der Waals surface area contributed by atoms with E-state index in [9.17, 15) is 8.42 Å². The first-order chi connectivity index (χ1) is 9.44. The molecule has 1 saturated carbocycles. The van der Waals surface area contributed by atoms with Gasteiger partial charge in [-0.2, -0.15) is 0 Å². The second-order valence-corrected chi connectivity index (χ2v) is 7.92. The Labute approximate surface area is 124 Å². The quantitative estimate of drug-likeness (QED) is 0.764. The van der Waals surface area contributed by atoms with Crippen molar-refractivity contribution in [2.75, 3.05) is 13.7 Å². The maximum absolute atomic E-state index is 12.5. The van der Waals surface area contributed by atoms with Crippen molar-refractivity contribution in [1.29, 1.82) is 0 Å². The van der Waals surface area contributed by atoms with Gasteiger partial charge in [0, 0.05) is 30.6 Å². The molecule has 5 nitrogen and oxygen atoms in total. The Hall–Kier alpha value is -0.470. The number of ether oxygens (including phenoxy) is 1. The van der Waals surface area contributed by atoms with Crippen LogP contribution in [0.4, 0.5) is 0 Å². The first-order valence-corrected chi connectivity index (χ1v) is 9.12. The molecule has 0 aliphatic heterocycles. The molecule has 1 aliphatic rings. The highest BCUT2D eigenvalue weighted by atomic mass is 32.2. The molecule has 7 heteroatoms. The monoisotopic (exact) mass is 318 g/mol. The summed E-state index contributed by atoms with van der Waals surface area (Å²) in [6.07, 6.45) is 2.38. The molecule has 0 saturated heterocycles. The van der Waals surface area contributed by atoms with Crippen molar-refractivity contribution >= 4 is 21.4 Å². The maximum Gasteiger partial charge on any atom is 0.242 e. The molecule has 1 aliphatic carbocycles. The second kappa shape index (κ2) is 6.53. The van der Waals surface area contributed by atoms with Crippen LogP contribution in [0.25, 0.3) is 0 Å². The van der Waals surface area contributed by atoms with Gasteiger partial charge in [0.25, 0.3) is 0 Å². The molecular formula is C13H22N2O3S2. The van der Waals surface area contributed by atoms with Crippen LogP contribution >= 0.6 is 11.3 Å². The van der Waals surface area contributed by atoms with Gasteiger partial charge in [0.1, 0.15) is 4.90 Å². The molecule has 1 aromatic heterocycles. The Morgan fingerprint density at radius 2 is 2.20 bits per heavy atom. The van der Waals surface area contributed by atoms with Gasteiger partial charge in [-0.3, -0.25) is 0 Å². The average molecular weight is 318 g/mol. The standard InChI is InChI=1S/C13H22N2O3S2/c1-9-8-19-12(6-14-11-4-5-11)13(9)20(16,17)15-10(2)7-18-3/h8,10-11,14-15H,4-7H2,1-3H3.